The third-order valence-electron chi connectivity index (χ3n) is 4.23. The molecule has 1 amide bonds. The van der Waals surface area contributed by atoms with Gasteiger partial charge in [-0.15, -0.1) is 0 Å². The molecule has 0 bridgehead atoms. The van der Waals surface area contributed by atoms with Gasteiger partial charge in [0.05, 0.1) is 5.56 Å². The molecule has 1 unspecified atom stereocenters. The summed E-state index contributed by atoms with van der Waals surface area (Å²) in [4.78, 5) is 12.5. The van der Waals surface area contributed by atoms with Gasteiger partial charge >= 0.3 is 0 Å². The fourth-order valence-corrected chi connectivity index (χ4v) is 3.15. The van der Waals surface area contributed by atoms with Crippen molar-refractivity contribution in [3.05, 3.63) is 29.3 Å². The van der Waals surface area contributed by atoms with Crippen molar-refractivity contribution in [2.24, 2.45) is 5.41 Å². The van der Waals surface area contributed by atoms with E-state index in [0.717, 1.165) is 29.7 Å². The number of hydrogen-bond donors (Lipinski definition) is 2. The number of benzene rings is 1. The smallest absolute Gasteiger partial charge is 0.253 e. The highest BCUT2D eigenvalue weighted by Crippen LogP contribution is 2.35. The van der Waals surface area contributed by atoms with Crippen LogP contribution in [-0.2, 0) is 0 Å². The van der Waals surface area contributed by atoms with Gasteiger partial charge in [0.1, 0.15) is 0 Å². The van der Waals surface area contributed by atoms with E-state index in [-0.39, 0.29) is 5.91 Å². The van der Waals surface area contributed by atoms with Crippen molar-refractivity contribution in [2.75, 3.05) is 12.4 Å². The summed E-state index contributed by atoms with van der Waals surface area (Å²) in [6, 6.07) is 6.21. The lowest BCUT2D eigenvalue weighted by molar-refractivity contribution is 0.0903. The van der Waals surface area contributed by atoms with E-state index in [1.807, 2.05) is 32.2 Å². The molecular formula is C17H26N2O. The number of aryl methyl sites for hydroxylation is 1. The fraction of sp³-hybridized carbons (Fsp3) is 0.588. The molecule has 0 radical (unpaired) electrons. The SMILES string of the molecule is CNc1cc(C)ccc1C(=O)NC1CCCC(C)(C)C1. The maximum Gasteiger partial charge on any atom is 0.253 e. The Balaban J connectivity index is 2.08. The second kappa shape index (κ2) is 5.86. The monoisotopic (exact) mass is 274 g/mol. The molecule has 2 N–H and O–H groups in total. The molecule has 1 aromatic rings. The summed E-state index contributed by atoms with van der Waals surface area (Å²) in [6.45, 7) is 6.61. The van der Waals surface area contributed by atoms with Crippen molar-refractivity contribution < 1.29 is 4.79 Å². The van der Waals surface area contributed by atoms with Crippen LogP contribution < -0.4 is 10.6 Å². The van der Waals surface area contributed by atoms with Gasteiger partial charge in [-0.2, -0.15) is 0 Å². The van der Waals surface area contributed by atoms with E-state index < -0.39 is 0 Å². The molecule has 1 aliphatic carbocycles. The third-order valence-corrected chi connectivity index (χ3v) is 4.23. The molecule has 3 nitrogen and oxygen atoms in total. The Kier molecular flexibility index (Phi) is 4.36. The topological polar surface area (TPSA) is 41.1 Å². The van der Waals surface area contributed by atoms with E-state index in [1.165, 1.54) is 12.8 Å². The predicted octanol–water partition coefficient (Wildman–Crippen LogP) is 3.74. The lowest BCUT2D eigenvalue weighted by atomic mass is 9.75. The summed E-state index contributed by atoms with van der Waals surface area (Å²) in [5.74, 6) is 0.0389. The zero-order chi connectivity index (χ0) is 14.8. The maximum absolute atomic E-state index is 12.5. The molecule has 0 aliphatic heterocycles. The van der Waals surface area contributed by atoms with Crippen LogP contribution in [-0.4, -0.2) is 19.0 Å². The molecule has 2 rings (SSSR count). The number of nitrogens with one attached hydrogen (secondary N) is 2. The highest BCUT2D eigenvalue weighted by atomic mass is 16.1. The number of anilines is 1. The van der Waals surface area contributed by atoms with Gasteiger partial charge in [0, 0.05) is 18.8 Å². The van der Waals surface area contributed by atoms with Crippen LogP contribution in [0, 0.1) is 12.3 Å². The van der Waals surface area contributed by atoms with E-state index in [2.05, 4.69) is 24.5 Å². The molecular weight excluding hydrogens is 248 g/mol. The highest BCUT2D eigenvalue weighted by Gasteiger charge is 2.29. The Morgan fingerprint density at radius 2 is 2.10 bits per heavy atom. The predicted molar refractivity (Wildman–Crippen MR) is 84.2 cm³/mol. The van der Waals surface area contributed by atoms with E-state index in [0.29, 0.717) is 11.5 Å². The number of hydrogen-bond acceptors (Lipinski definition) is 2. The Bertz CT molecular complexity index is 494. The Labute approximate surface area is 122 Å². The summed E-state index contributed by atoms with van der Waals surface area (Å²) >= 11 is 0. The van der Waals surface area contributed by atoms with Gasteiger partial charge < -0.3 is 10.6 Å². The first-order valence-electron chi connectivity index (χ1n) is 7.50. The summed E-state index contributed by atoms with van der Waals surface area (Å²) in [6.07, 6.45) is 4.62. The summed E-state index contributed by atoms with van der Waals surface area (Å²) < 4.78 is 0. The summed E-state index contributed by atoms with van der Waals surface area (Å²) in [7, 11) is 1.86. The minimum absolute atomic E-state index is 0.0389. The minimum Gasteiger partial charge on any atom is -0.387 e. The quantitative estimate of drug-likeness (QED) is 0.881. The first kappa shape index (κ1) is 14.9. The zero-order valence-electron chi connectivity index (χ0n) is 13.0. The maximum atomic E-state index is 12.5. The Morgan fingerprint density at radius 3 is 2.75 bits per heavy atom. The van der Waals surface area contributed by atoms with Crippen molar-refractivity contribution >= 4 is 11.6 Å². The van der Waals surface area contributed by atoms with Gasteiger partial charge in [-0.3, -0.25) is 4.79 Å². The largest absolute Gasteiger partial charge is 0.387 e. The van der Waals surface area contributed by atoms with Crippen LogP contribution in [0.4, 0.5) is 5.69 Å². The summed E-state index contributed by atoms with van der Waals surface area (Å²) in [5, 5.41) is 6.32. The van der Waals surface area contributed by atoms with Crippen molar-refractivity contribution in [3.63, 3.8) is 0 Å². The first-order valence-corrected chi connectivity index (χ1v) is 7.50. The average molecular weight is 274 g/mol. The molecule has 0 aromatic heterocycles. The van der Waals surface area contributed by atoms with Crippen LogP contribution in [0.1, 0.15) is 55.5 Å². The second-order valence-electron chi connectivity index (χ2n) is 6.73. The number of carbonyl (C=O) groups excluding carboxylic acids is 1. The molecule has 3 heteroatoms. The van der Waals surface area contributed by atoms with Crippen LogP contribution >= 0.6 is 0 Å². The molecule has 1 aliphatic rings. The first-order chi connectivity index (χ1) is 9.41. The molecule has 20 heavy (non-hydrogen) atoms. The third kappa shape index (κ3) is 3.53. The fourth-order valence-electron chi connectivity index (χ4n) is 3.15. The normalized spacial score (nSPS) is 21.3. The van der Waals surface area contributed by atoms with Gasteiger partial charge in [0.25, 0.3) is 5.91 Å². The number of carbonyl (C=O) groups is 1. The van der Waals surface area contributed by atoms with Crippen LogP contribution in [0.25, 0.3) is 0 Å². The van der Waals surface area contributed by atoms with Crippen molar-refractivity contribution in [1.82, 2.24) is 5.32 Å². The molecule has 0 saturated heterocycles. The minimum atomic E-state index is 0.0389. The van der Waals surface area contributed by atoms with Crippen LogP contribution in [0.3, 0.4) is 0 Å². The van der Waals surface area contributed by atoms with Gasteiger partial charge in [-0.05, 0) is 49.3 Å². The Morgan fingerprint density at radius 1 is 1.35 bits per heavy atom. The molecule has 0 heterocycles. The molecule has 110 valence electrons. The Hall–Kier alpha value is -1.51. The van der Waals surface area contributed by atoms with Gasteiger partial charge in [-0.1, -0.05) is 26.3 Å². The average Bonchev–Trinajstić information content (AvgIpc) is 2.37. The van der Waals surface area contributed by atoms with Crippen LogP contribution in [0.15, 0.2) is 18.2 Å². The van der Waals surface area contributed by atoms with E-state index in [9.17, 15) is 4.79 Å². The van der Waals surface area contributed by atoms with Crippen LogP contribution in [0.5, 0.6) is 0 Å². The second-order valence-corrected chi connectivity index (χ2v) is 6.73. The van der Waals surface area contributed by atoms with E-state index in [1.54, 1.807) is 0 Å². The van der Waals surface area contributed by atoms with Crippen molar-refractivity contribution in [1.29, 1.82) is 0 Å². The standard InChI is InChI=1S/C17H26N2O/c1-12-7-8-14(15(10-12)18-4)16(20)19-13-6-5-9-17(2,3)11-13/h7-8,10,13,18H,5-6,9,11H2,1-4H3,(H,19,20). The highest BCUT2D eigenvalue weighted by molar-refractivity contribution is 5.99. The zero-order valence-corrected chi connectivity index (χ0v) is 13.0. The lowest BCUT2D eigenvalue weighted by Gasteiger charge is -2.35. The summed E-state index contributed by atoms with van der Waals surface area (Å²) in [5.41, 5.74) is 3.14. The molecule has 0 spiro atoms. The lowest BCUT2D eigenvalue weighted by Crippen LogP contribution is -2.40. The number of rotatable bonds is 3. The molecule has 1 fully saturated rings. The van der Waals surface area contributed by atoms with Crippen molar-refractivity contribution in [3.8, 4) is 0 Å². The van der Waals surface area contributed by atoms with Crippen LogP contribution in [0.2, 0.25) is 0 Å². The number of amides is 1. The molecule has 1 aromatic carbocycles. The van der Waals surface area contributed by atoms with E-state index >= 15 is 0 Å². The van der Waals surface area contributed by atoms with Crippen molar-refractivity contribution in [2.45, 2.75) is 52.5 Å². The molecule has 1 atom stereocenters. The van der Waals surface area contributed by atoms with E-state index in [4.69, 9.17) is 0 Å². The molecule has 1 saturated carbocycles. The van der Waals surface area contributed by atoms with Gasteiger partial charge in [0.2, 0.25) is 0 Å². The van der Waals surface area contributed by atoms with Gasteiger partial charge in [0.15, 0.2) is 0 Å². The van der Waals surface area contributed by atoms with Gasteiger partial charge in [-0.25, -0.2) is 0 Å².